The lowest BCUT2D eigenvalue weighted by Gasteiger charge is -2.18. The molecule has 1 amide bonds. The number of para-hydroxylation sites is 1. The van der Waals surface area contributed by atoms with Crippen molar-refractivity contribution in [2.24, 2.45) is 0 Å². The normalized spacial score (nSPS) is 10.3. The molecule has 0 saturated carbocycles. The molecule has 2 rings (SSSR count). The fourth-order valence-corrected chi connectivity index (χ4v) is 2.36. The minimum Gasteiger partial charge on any atom is -0.396 e. The molecule has 0 radical (unpaired) electrons. The Morgan fingerprint density at radius 1 is 1.30 bits per heavy atom. The Bertz CT molecular complexity index is 646. The van der Waals surface area contributed by atoms with Crippen molar-refractivity contribution in [3.8, 4) is 0 Å². The summed E-state index contributed by atoms with van der Waals surface area (Å²) in [7, 11) is 1.66. The zero-order valence-electron chi connectivity index (χ0n) is 10.9. The fourth-order valence-electron chi connectivity index (χ4n) is 1.91. The Kier molecular flexibility index (Phi) is 4.39. The number of carbonyl (C=O) groups excluding carboxylic acids is 1. The van der Waals surface area contributed by atoms with Crippen LogP contribution in [0, 0.1) is 5.82 Å². The van der Waals surface area contributed by atoms with Crippen LogP contribution < -0.4 is 5.73 Å². The van der Waals surface area contributed by atoms with Gasteiger partial charge in [0.15, 0.2) is 0 Å². The van der Waals surface area contributed by atoms with E-state index in [-0.39, 0.29) is 17.2 Å². The number of nitrogens with two attached hydrogens (primary N) is 1. The first-order valence-corrected chi connectivity index (χ1v) is 6.82. The lowest BCUT2D eigenvalue weighted by Crippen LogP contribution is -2.27. The smallest absolute Gasteiger partial charge is 0.256 e. The summed E-state index contributed by atoms with van der Waals surface area (Å²) in [5.41, 5.74) is 6.66. The van der Waals surface area contributed by atoms with Crippen molar-refractivity contribution in [1.82, 2.24) is 4.90 Å². The first-order chi connectivity index (χ1) is 9.49. The van der Waals surface area contributed by atoms with Crippen molar-refractivity contribution in [3.05, 3.63) is 63.9 Å². The molecule has 0 bridgehead atoms. The van der Waals surface area contributed by atoms with E-state index in [1.165, 1.54) is 23.1 Å². The van der Waals surface area contributed by atoms with Crippen LogP contribution in [0.4, 0.5) is 10.1 Å². The Labute approximate surface area is 125 Å². The maximum Gasteiger partial charge on any atom is 0.256 e. The number of halogens is 2. The zero-order chi connectivity index (χ0) is 14.7. The van der Waals surface area contributed by atoms with E-state index in [1.54, 1.807) is 7.05 Å². The molecule has 0 aliphatic rings. The molecule has 3 nitrogen and oxygen atoms in total. The van der Waals surface area contributed by atoms with Gasteiger partial charge in [0.25, 0.3) is 5.91 Å². The van der Waals surface area contributed by atoms with Crippen LogP contribution in [0.1, 0.15) is 15.9 Å². The van der Waals surface area contributed by atoms with Crippen LogP contribution in [0.3, 0.4) is 0 Å². The molecule has 0 saturated heterocycles. The van der Waals surface area contributed by atoms with E-state index >= 15 is 0 Å². The van der Waals surface area contributed by atoms with Crippen molar-refractivity contribution in [2.75, 3.05) is 12.8 Å². The number of benzene rings is 2. The van der Waals surface area contributed by atoms with Gasteiger partial charge < -0.3 is 10.6 Å². The van der Waals surface area contributed by atoms with Crippen LogP contribution in [0.25, 0.3) is 0 Å². The van der Waals surface area contributed by atoms with Crippen LogP contribution in [0.2, 0.25) is 0 Å². The van der Waals surface area contributed by atoms with Crippen LogP contribution in [0.15, 0.2) is 46.9 Å². The molecule has 0 fully saturated rings. The number of hydrogen-bond donors (Lipinski definition) is 1. The van der Waals surface area contributed by atoms with Crippen LogP contribution >= 0.6 is 15.9 Å². The molecule has 2 aromatic carbocycles. The summed E-state index contributed by atoms with van der Waals surface area (Å²) in [6, 6.07) is 11.9. The summed E-state index contributed by atoms with van der Waals surface area (Å²) in [5.74, 6) is -0.881. The summed E-state index contributed by atoms with van der Waals surface area (Å²) < 4.78 is 14.3. The summed E-state index contributed by atoms with van der Waals surface area (Å²) in [6.07, 6.45) is 0. The maximum atomic E-state index is 13.4. The van der Waals surface area contributed by atoms with Gasteiger partial charge in [0.2, 0.25) is 0 Å². The number of carbonyl (C=O) groups is 1. The SMILES string of the molecule is CN(Cc1cccc(Br)c1)C(=O)c1cccc(F)c1N. The minimum absolute atomic E-state index is 0.112. The summed E-state index contributed by atoms with van der Waals surface area (Å²) in [5, 5.41) is 0. The van der Waals surface area contributed by atoms with Gasteiger partial charge in [-0.25, -0.2) is 4.39 Å². The van der Waals surface area contributed by atoms with Gasteiger partial charge in [0.05, 0.1) is 11.3 Å². The molecule has 104 valence electrons. The third-order valence-corrected chi connectivity index (χ3v) is 3.43. The van der Waals surface area contributed by atoms with Gasteiger partial charge in [-0.2, -0.15) is 0 Å². The first-order valence-electron chi connectivity index (χ1n) is 6.03. The third-order valence-electron chi connectivity index (χ3n) is 2.94. The molecule has 0 aliphatic heterocycles. The van der Waals surface area contributed by atoms with Gasteiger partial charge in [-0.15, -0.1) is 0 Å². The van der Waals surface area contributed by atoms with E-state index in [2.05, 4.69) is 15.9 Å². The summed E-state index contributed by atoms with van der Waals surface area (Å²) in [4.78, 5) is 13.8. The van der Waals surface area contributed by atoms with Gasteiger partial charge in [-0.05, 0) is 29.8 Å². The molecule has 0 aliphatic carbocycles. The molecule has 2 N–H and O–H groups in total. The molecular weight excluding hydrogens is 323 g/mol. The highest BCUT2D eigenvalue weighted by Crippen LogP contribution is 2.19. The van der Waals surface area contributed by atoms with Gasteiger partial charge in [-0.1, -0.05) is 34.1 Å². The largest absolute Gasteiger partial charge is 0.396 e. The highest BCUT2D eigenvalue weighted by molar-refractivity contribution is 9.10. The van der Waals surface area contributed by atoms with Crippen molar-refractivity contribution < 1.29 is 9.18 Å². The van der Waals surface area contributed by atoms with Crippen molar-refractivity contribution in [2.45, 2.75) is 6.54 Å². The van der Waals surface area contributed by atoms with Crippen molar-refractivity contribution >= 4 is 27.5 Å². The van der Waals surface area contributed by atoms with Crippen LogP contribution in [0.5, 0.6) is 0 Å². The van der Waals surface area contributed by atoms with Crippen LogP contribution in [-0.2, 0) is 6.54 Å². The number of nitrogen functional groups attached to an aromatic ring is 1. The first kappa shape index (κ1) is 14.5. The highest BCUT2D eigenvalue weighted by Gasteiger charge is 2.16. The lowest BCUT2D eigenvalue weighted by molar-refractivity contribution is 0.0785. The molecule has 0 heterocycles. The highest BCUT2D eigenvalue weighted by atomic mass is 79.9. The van der Waals surface area contributed by atoms with Gasteiger partial charge >= 0.3 is 0 Å². The maximum absolute atomic E-state index is 13.4. The predicted octanol–water partition coefficient (Wildman–Crippen LogP) is 3.44. The number of anilines is 1. The average molecular weight is 337 g/mol. The van der Waals surface area contributed by atoms with Gasteiger partial charge in [0, 0.05) is 18.1 Å². The second-order valence-corrected chi connectivity index (χ2v) is 5.41. The van der Waals surface area contributed by atoms with Crippen molar-refractivity contribution in [1.29, 1.82) is 0 Å². The number of nitrogens with zero attached hydrogens (tertiary/aromatic N) is 1. The number of amides is 1. The molecule has 5 heteroatoms. The molecule has 0 aromatic heterocycles. The molecule has 20 heavy (non-hydrogen) atoms. The topological polar surface area (TPSA) is 46.3 Å². The van der Waals surface area contributed by atoms with Gasteiger partial charge in [0.1, 0.15) is 5.82 Å². The number of hydrogen-bond acceptors (Lipinski definition) is 2. The van der Waals surface area contributed by atoms with E-state index in [0.717, 1.165) is 10.0 Å². The molecule has 0 unspecified atom stereocenters. The van der Waals surface area contributed by atoms with Crippen molar-refractivity contribution in [3.63, 3.8) is 0 Å². The van der Waals surface area contributed by atoms with E-state index in [4.69, 9.17) is 5.73 Å². The van der Waals surface area contributed by atoms with Crippen LogP contribution in [-0.4, -0.2) is 17.9 Å². The standard InChI is InChI=1S/C15H14BrFN2O/c1-19(9-10-4-2-5-11(16)8-10)15(20)12-6-3-7-13(17)14(12)18/h2-8H,9,18H2,1H3. The average Bonchev–Trinajstić information content (AvgIpc) is 2.41. The predicted molar refractivity (Wildman–Crippen MR) is 80.8 cm³/mol. The summed E-state index contributed by atoms with van der Waals surface area (Å²) >= 11 is 3.38. The molecule has 0 spiro atoms. The van der Waals surface area contributed by atoms with E-state index in [0.29, 0.717) is 6.54 Å². The Morgan fingerprint density at radius 2 is 2.00 bits per heavy atom. The summed E-state index contributed by atoms with van der Waals surface area (Å²) in [6.45, 7) is 0.425. The molecular formula is C15H14BrFN2O. The Hall–Kier alpha value is -1.88. The third kappa shape index (κ3) is 3.17. The second-order valence-electron chi connectivity index (χ2n) is 4.49. The fraction of sp³-hybridized carbons (Fsp3) is 0.133. The van der Waals surface area contributed by atoms with Gasteiger partial charge in [-0.3, -0.25) is 4.79 Å². The minimum atomic E-state index is -0.577. The second kappa shape index (κ2) is 6.05. The Balaban J connectivity index is 2.19. The quantitative estimate of drug-likeness (QED) is 0.872. The lowest BCUT2D eigenvalue weighted by atomic mass is 10.1. The number of rotatable bonds is 3. The molecule has 2 aromatic rings. The zero-order valence-corrected chi connectivity index (χ0v) is 12.5. The van der Waals surface area contributed by atoms with E-state index in [9.17, 15) is 9.18 Å². The monoisotopic (exact) mass is 336 g/mol. The Morgan fingerprint density at radius 3 is 2.70 bits per heavy atom. The molecule has 0 atom stereocenters. The van der Waals surface area contributed by atoms with E-state index in [1.807, 2.05) is 24.3 Å². The van der Waals surface area contributed by atoms with E-state index < -0.39 is 5.82 Å².